The van der Waals surface area contributed by atoms with Gasteiger partial charge in [-0.3, -0.25) is 10.1 Å². The number of nitro benzene ring substituents is 1. The summed E-state index contributed by atoms with van der Waals surface area (Å²) >= 11 is 19.0. The molecule has 1 aliphatic carbocycles. The van der Waals surface area contributed by atoms with Crippen molar-refractivity contribution in [3.63, 3.8) is 0 Å². The number of nitro groups is 1. The Morgan fingerprint density at radius 3 is 2.68 bits per heavy atom. The van der Waals surface area contributed by atoms with Crippen LogP contribution < -0.4 is 5.32 Å². The highest BCUT2D eigenvalue weighted by Crippen LogP contribution is 2.53. The Balaban J connectivity index is 1.86. The van der Waals surface area contributed by atoms with Gasteiger partial charge in [0.1, 0.15) is 0 Å². The van der Waals surface area contributed by atoms with Crippen molar-refractivity contribution in [2.24, 2.45) is 5.92 Å². The van der Waals surface area contributed by atoms with E-state index in [0.29, 0.717) is 15.1 Å². The predicted octanol–water partition coefficient (Wildman–Crippen LogP) is 6.38. The molecule has 0 amide bonds. The van der Waals surface area contributed by atoms with E-state index in [4.69, 9.17) is 34.8 Å². The Labute approximate surface area is 159 Å². The molecule has 0 saturated heterocycles. The molecule has 0 bridgehead atoms. The van der Waals surface area contributed by atoms with Gasteiger partial charge in [0, 0.05) is 18.1 Å². The standard InChI is InChI=1S/C18H13Cl3N2O2/c19-14-6-2-5-12(16(14)21)17-11-4-1-3-10(11)13-7-9(23(24)25)8-15(20)18(13)22-17/h1-3,5-8,10-11,17,22H,4H2/t10-,11-,17+/m1/s1. The predicted molar refractivity (Wildman–Crippen MR) is 101 cm³/mol. The van der Waals surface area contributed by atoms with Crippen LogP contribution >= 0.6 is 34.8 Å². The Kier molecular flexibility index (Phi) is 4.14. The molecule has 0 fully saturated rings. The molecule has 2 aliphatic rings. The van der Waals surface area contributed by atoms with E-state index < -0.39 is 4.92 Å². The van der Waals surface area contributed by atoms with Crippen molar-refractivity contribution in [3.8, 4) is 0 Å². The number of halogens is 3. The second-order valence-corrected chi connectivity index (χ2v) is 7.46. The van der Waals surface area contributed by atoms with Crippen LogP contribution in [0.5, 0.6) is 0 Å². The molecule has 4 nitrogen and oxygen atoms in total. The molecule has 0 spiro atoms. The third-order valence-corrected chi connectivity index (χ3v) is 6.06. The van der Waals surface area contributed by atoms with Gasteiger partial charge < -0.3 is 5.32 Å². The van der Waals surface area contributed by atoms with Crippen LogP contribution in [0.15, 0.2) is 42.5 Å². The second-order valence-electron chi connectivity index (χ2n) is 6.27. The number of benzene rings is 2. The minimum absolute atomic E-state index is 0.00355. The van der Waals surface area contributed by atoms with Crippen LogP contribution in [0, 0.1) is 16.0 Å². The first-order valence-corrected chi connectivity index (χ1v) is 8.95. The highest BCUT2D eigenvalue weighted by molar-refractivity contribution is 6.42. The highest BCUT2D eigenvalue weighted by atomic mass is 35.5. The summed E-state index contributed by atoms with van der Waals surface area (Å²) in [5.41, 5.74) is 2.49. The number of allylic oxidation sites excluding steroid dienone is 2. The number of nitrogens with one attached hydrogen (secondary N) is 1. The van der Waals surface area contributed by atoms with Crippen molar-refractivity contribution >= 4 is 46.2 Å². The first kappa shape index (κ1) is 16.7. The molecule has 7 heteroatoms. The van der Waals surface area contributed by atoms with Crippen molar-refractivity contribution in [2.75, 3.05) is 5.32 Å². The first-order chi connectivity index (χ1) is 12.0. The Morgan fingerprint density at radius 1 is 1.12 bits per heavy atom. The Morgan fingerprint density at radius 2 is 1.92 bits per heavy atom. The van der Waals surface area contributed by atoms with E-state index in [1.165, 1.54) is 6.07 Å². The van der Waals surface area contributed by atoms with Crippen LogP contribution in [-0.2, 0) is 0 Å². The number of non-ortho nitro benzene ring substituents is 1. The van der Waals surface area contributed by atoms with Crippen LogP contribution in [-0.4, -0.2) is 4.92 Å². The molecular formula is C18H13Cl3N2O2. The van der Waals surface area contributed by atoms with E-state index in [1.54, 1.807) is 12.1 Å². The maximum absolute atomic E-state index is 11.2. The van der Waals surface area contributed by atoms with Crippen LogP contribution in [0.1, 0.15) is 29.5 Å². The third kappa shape index (κ3) is 2.69. The molecule has 1 heterocycles. The summed E-state index contributed by atoms with van der Waals surface area (Å²) in [5, 5.41) is 16.0. The monoisotopic (exact) mass is 394 g/mol. The zero-order valence-electron chi connectivity index (χ0n) is 12.9. The maximum atomic E-state index is 11.2. The number of fused-ring (bicyclic) bond motifs is 3. The van der Waals surface area contributed by atoms with Gasteiger partial charge in [-0.2, -0.15) is 0 Å². The van der Waals surface area contributed by atoms with E-state index in [1.807, 2.05) is 12.1 Å². The van der Waals surface area contributed by atoms with E-state index >= 15 is 0 Å². The number of hydrogen-bond acceptors (Lipinski definition) is 3. The molecule has 0 saturated carbocycles. The highest BCUT2D eigenvalue weighted by Gasteiger charge is 2.40. The lowest BCUT2D eigenvalue weighted by molar-refractivity contribution is -0.384. The van der Waals surface area contributed by atoms with Crippen LogP contribution in [0.2, 0.25) is 15.1 Å². The van der Waals surface area contributed by atoms with E-state index in [9.17, 15) is 10.1 Å². The van der Waals surface area contributed by atoms with Gasteiger partial charge in [0.2, 0.25) is 0 Å². The molecular weight excluding hydrogens is 383 g/mol. The minimum atomic E-state index is -0.417. The van der Waals surface area contributed by atoms with Gasteiger partial charge in [0.25, 0.3) is 5.69 Å². The summed E-state index contributed by atoms with van der Waals surface area (Å²) in [6, 6.07) is 8.49. The lowest BCUT2D eigenvalue weighted by atomic mass is 9.77. The lowest BCUT2D eigenvalue weighted by Gasteiger charge is -2.38. The SMILES string of the molecule is O=[N+]([O-])c1cc(Cl)c2c(c1)[C@@H]1C=CC[C@H]1[C@@H](c1cccc(Cl)c1Cl)N2. The minimum Gasteiger partial charge on any atom is -0.376 e. The van der Waals surface area contributed by atoms with Crippen molar-refractivity contribution in [3.05, 3.63) is 78.8 Å². The maximum Gasteiger partial charge on any atom is 0.271 e. The summed E-state index contributed by atoms with van der Waals surface area (Å²) in [7, 11) is 0. The molecule has 25 heavy (non-hydrogen) atoms. The van der Waals surface area contributed by atoms with Gasteiger partial charge in [-0.25, -0.2) is 0 Å². The summed E-state index contributed by atoms with van der Waals surface area (Å²) in [4.78, 5) is 10.8. The fourth-order valence-corrected chi connectivity index (χ4v) is 4.52. The van der Waals surface area contributed by atoms with Crippen molar-refractivity contribution in [1.29, 1.82) is 0 Å². The van der Waals surface area contributed by atoms with Crippen LogP contribution in [0.25, 0.3) is 0 Å². The fourth-order valence-electron chi connectivity index (χ4n) is 3.81. The smallest absolute Gasteiger partial charge is 0.271 e. The molecule has 2 aromatic carbocycles. The van der Waals surface area contributed by atoms with Gasteiger partial charge >= 0.3 is 0 Å². The van der Waals surface area contributed by atoms with E-state index in [0.717, 1.165) is 23.2 Å². The first-order valence-electron chi connectivity index (χ1n) is 7.82. The fraction of sp³-hybridized carbons (Fsp3) is 0.222. The number of nitrogens with zero attached hydrogens (tertiary/aromatic N) is 1. The summed E-state index contributed by atoms with van der Waals surface area (Å²) in [5.74, 6) is 0.246. The van der Waals surface area contributed by atoms with E-state index in [2.05, 4.69) is 17.5 Å². The van der Waals surface area contributed by atoms with Gasteiger partial charge in [0.05, 0.1) is 31.7 Å². The van der Waals surface area contributed by atoms with Crippen molar-refractivity contribution in [1.82, 2.24) is 0 Å². The number of hydrogen-bond donors (Lipinski definition) is 1. The summed E-state index contributed by atoms with van der Waals surface area (Å²) < 4.78 is 0. The Hall–Kier alpha value is -1.75. The van der Waals surface area contributed by atoms with Gasteiger partial charge in [0.15, 0.2) is 0 Å². The molecule has 1 N–H and O–H groups in total. The van der Waals surface area contributed by atoms with Crippen LogP contribution in [0.3, 0.4) is 0 Å². The summed E-state index contributed by atoms with van der Waals surface area (Å²) in [6.45, 7) is 0. The second kappa shape index (κ2) is 6.20. The zero-order chi connectivity index (χ0) is 17.7. The molecule has 3 atom stereocenters. The molecule has 0 aromatic heterocycles. The van der Waals surface area contributed by atoms with Gasteiger partial charge in [-0.05, 0) is 29.5 Å². The normalized spacial score (nSPS) is 23.7. The van der Waals surface area contributed by atoms with Crippen LogP contribution in [0.4, 0.5) is 11.4 Å². The lowest BCUT2D eigenvalue weighted by Crippen LogP contribution is -2.29. The topological polar surface area (TPSA) is 55.2 Å². The third-order valence-electron chi connectivity index (χ3n) is 4.93. The molecule has 0 radical (unpaired) electrons. The van der Waals surface area contributed by atoms with Gasteiger partial charge in [-0.1, -0.05) is 59.1 Å². The van der Waals surface area contributed by atoms with E-state index in [-0.39, 0.29) is 23.6 Å². The largest absolute Gasteiger partial charge is 0.376 e. The van der Waals surface area contributed by atoms with Crippen molar-refractivity contribution < 1.29 is 4.92 Å². The molecule has 1 aliphatic heterocycles. The average molecular weight is 396 g/mol. The quantitative estimate of drug-likeness (QED) is 0.364. The Bertz CT molecular complexity index is 913. The summed E-state index contributed by atoms with van der Waals surface area (Å²) in [6.07, 6.45) is 5.05. The zero-order valence-corrected chi connectivity index (χ0v) is 15.1. The number of anilines is 1. The number of rotatable bonds is 2. The van der Waals surface area contributed by atoms with Gasteiger partial charge in [-0.15, -0.1) is 0 Å². The molecule has 2 aromatic rings. The van der Waals surface area contributed by atoms with Crippen molar-refractivity contribution in [2.45, 2.75) is 18.4 Å². The molecule has 128 valence electrons. The molecule has 0 unspecified atom stereocenters. The average Bonchev–Trinajstić information content (AvgIpc) is 3.07. The molecule has 4 rings (SSSR count).